The Balaban J connectivity index is 1.42. The van der Waals surface area contributed by atoms with Crippen LogP contribution in [0, 0.1) is 0 Å². The minimum atomic E-state index is -0.339. The van der Waals surface area contributed by atoms with Crippen LogP contribution in [0.15, 0.2) is 53.7 Å². The summed E-state index contributed by atoms with van der Waals surface area (Å²) in [5.74, 6) is 2.54. The summed E-state index contributed by atoms with van der Waals surface area (Å²) >= 11 is 1.57. The second-order valence-corrected chi connectivity index (χ2v) is 7.18. The topological polar surface area (TPSA) is 75.5 Å². The van der Waals surface area contributed by atoms with Crippen LogP contribution >= 0.6 is 11.8 Å². The van der Waals surface area contributed by atoms with E-state index in [1.165, 1.54) is 7.11 Å². The molecule has 1 aliphatic rings. The highest BCUT2D eigenvalue weighted by atomic mass is 32.2. The summed E-state index contributed by atoms with van der Waals surface area (Å²) in [4.78, 5) is 11.5. The third-order valence-corrected chi connectivity index (χ3v) is 5.50. The molecule has 7 nitrogen and oxygen atoms in total. The number of esters is 1. The molecule has 2 aromatic carbocycles. The van der Waals surface area contributed by atoms with Gasteiger partial charge in [-0.2, -0.15) is 0 Å². The lowest BCUT2D eigenvalue weighted by atomic mass is 10.1. The van der Waals surface area contributed by atoms with Gasteiger partial charge in [-0.1, -0.05) is 36.0 Å². The van der Waals surface area contributed by atoms with E-state index in [2.05, 4.69) is 10.2 Å². The van der Waals surface area contributed by atoms with Crippen LogP contribution in [0.1, 0.15) is 27.8 Å². The van der Waals surface area contributed by atoms with Crippen molar-refractivity contribution in [1.82, 2.24) is 14.8 Å². The molecule has 0 unspecified atom stereocenters. The molecule has 0 N–H and O–H groups in total. The van der Waals surface area contributed by atoms with E-state index in [1.54, 1.807) is 23.9 Å². The van der Waals surface area contributed by atoms with Gasteiger partial charge in [0.15, 0.2) is 28.6 Å². The summed E-state index contributed by atoms with van der Waals surface area (Å²) in [5.41, 5.74) is 1.61. The predicted octanol–water partition coefficient (Wildman–Crippen LogP) is 3.41. The summed E-state index contributed by atoms with van der Waals surface area (Å²) in [6.45, 7) is 0.392. The molecule has 0 bridgehead atoms. The molecule has 0 saturated heterocycles. The number of ether oxygens (including phenoxy) is 3. The molecule has 3 aromatic rings. The third kappa shape index (κ3) is 3.68. The maximum atomic E-state index is 11.5. The molecule has 8 heteroatoms. The van der Waals surface area contributed by atoms with Crippen molar-refractivity contribution in [3.05, 3.63) is 65.5 Å². The van der Waals surface area contributed by atoms with Crippen molar-refractivity contribution in [2.24, 2.45) is 7.05 Å². The van der Waals surface area contributed by atoms with Crippen LogP contribution in [-0.4, -0.2) is 34.5 Å². The standard InChI is InChI=1S/C20H19N3O4S/c1-23-18(17-11-26-15-5-3-4-6-16(15)27-17)21-22-20(23)28-12-13-7-9-14(10-8-13)19(24)25-2/h3-10,17H,11-12H2,1-2H3/t17-/m0/s1. The first-order valence-corrected chi connectivity index (χ1v) is 9.72. The number of carbonyl (C=O) groups excluding carboxylic acids is 1. The van der Waals surface area contributed by atoms with Crippen molar-refractivity contribution in [1.29, 1.82) is 0 Å². The molecule has 0 spiro atoms. The zero-order chi connectivity index (χ0) is 19.5. The molecule has 0 aliphatic carbocycles. The maximum Gasteiger partial charge on any atom is 0.337 e. The van der Waals surface area contributed by atoms with E-state index >= 15 is 0 Å². The Kier molecular flexibility index (Phi) is 5.21. The van der Waals surface area contributed by atoms with Gasteiger partial charge in [-0.3, -0.25) is 0 Å². The molecule has 0 radical (unpaired) electrons. The summed E-state index contributed by atoms with van der Waals surface area (Å²) in [5, 5.41) is 9.37. The number of methoxy groups -OCH3 is 1. The molecule has 1 aliphatic heterocycles. The lowest BCUT2D eigenvalue weighted by molar-refractivity contribution is 0.0600. The highest BCUT2D eigenvalue weighted by molar-refractivity contribution is 7.98. The first-order chi connectivity index (χ1) is 13.7. The average molecular weight is 397 g/mol. The van der Waals surface area contributed by atoms with Gasteiger partial charge in [-0.05, 0) is 29.8 Å². The Labute approximate surface area is 166 Å². The van der Waals surface area contributed by atoms with Crippen molar-refractivity contribution < 1.29 is 19.0 Å². The van der Waals surface area contributed by atoms with Crippen molar-refractivity contribution in [2.75, 3.05) is 13.7 Å². The molecule has 1 atom stereocenters. The van der Waals surface area contributed by atoms with Crippen LogP contribution in [0.5, 0.6) is 11.5 Å². The Hall–Kier alpha value is -3.00. The number of fused-ring (bicyclic) bond motifs is 1. The number of rotatable bonds is 5. The van der Waals surface area contributed by atoms with Gasteiger partial charge in [0.2, 0.25) is 0 Å². The second kappa shape index (κ2) is 7.93. The first-order valence-electron chi connectivity index (χ1n) is 8.73. The van der Waals surface area contributed by atoms with E-state index < -0.39 is 0 Å². The molecule has 0 saturated carbocycles. The van der Waals surface area contributed by atoms with E-state index in [1.807, 2.05) is 48.0 Å². The van der Waals surface area contributed by atoms with Crippen molar-refractivity contribution >= 4 is 17.7 Å². The number of hydrogen-bond donors (Lipinski definition) is 0. The number of carbonyl (C=O) groups is 1. The van der Waals surface area contributed by atoms with Gasteiger partial charge >= 0.3 is 5.97 Å². The largest absolute Gasteiger partial charge is 0.485 e. The number of para-hydroxylation sites is 2. The van der Waals surface area contributed by atoms with Crippen LogP contribution in [0.3, 0.4) is 0 Å². The number of aromatic nitrogens is 3. The fourth-order valence-corrected chi connectivity index (χ4v) is 3.76. The Morgan fingerprint density at radius 3 is 2.68 bits per heavy atom. The van der Waals surface area contributed by atoms with Crippen molar-refractivity contribution in [3.8, 4) is 11.5 Å². The Morgan fingerprint density at radius 2 is 1.93 bits per heavy atom. The highest BCUT2D eigenvalue weighted by Gasteiger charge is 2.27. The van der Waals surface area contributed by atoms with Crippen molar-refractivity contribution in [3.63, 3.8) is 0 Å². The number of nitrogens with zero attached hydrogens (tertiary/aromatic N) is 3. The molecule has 2 heterocycles. The van der Waals surface area contributed by atoms with Gasteiger partial charge in [0.05, 0.1) is 12.7 Å². The molecular formula is C20H19N3O4S. The zero-order valence-electron chi connectivity index (χ0n) is 15.5. The fourth-order valence-electron chi connectivity index (χ4n) is 2.88. The Bertz CT molecular complexity index is 987. The Morgan fingerprint density at radius 1 is 1.18 bits per heavy atom. The first kappa shape index (κ1) is 18.4. The SMILES string of the molecule is COC(=O)c1ccc(CSc2nnc([C@@H]3COc4ccccc4O3)n2C)cc1. The van der Waals surface area contributed by atoms with E-state index in [0.717, 1.165) is 22.3 Å². The second-order valence-electron chi connectivity index (χ2n) is 6.24. The average Bonchev–Trinajstić information content (AvgIpc) is 3.12. The molecule has 0 fully saturated rings. The van der Waals surface area contributed by atoms with Gasteiger partial charge in [-0.25, -0.2) is 4.79 Å². The number of hydrogen-bond acceptors (Lipinski definition) is 7. The van der Waals surface area contributed by atoms with E-state index in [9.17, 15) is 4.79 Å². The lowest BCUT2D eigenvalue weighted by Gasteiger charge is -2.25. The lowest BCUT2D eigenvalue weighted by Crippen LogP contribution is -2.24. The van der Waals surface area contributed by atoms with Gasteiger partial charge in [0.1, 0.15) is 6.61 Å². The monoisotopic (exact) mass is 397 g/mol. The molecule has 4 rings (SSSR count). The van der Waals surface area contributed by atoms with Crippen LogP contribution in [0.2, 0.25) is 0 Å². The summed E-state index contributed by atoms with van der Waals surface area (Å²) in [6, 6.07) is 14.9. The number of benzene rings is 2. The minimum absolute atomic E-state index is 0.305. The number of thioether (sulfide) groups is 1. The van der Waals surface area contributed by atoms with Crippen LogP contribution in [0.25, 0.3) is 0 Å². The predicted molar refractivity (Wildman–Crippen MR) is 104 cm³/mol. The van der Waals surface area contributed by atoms with Gasteiger partial charge in [0.25, 0.3) is 0 Å². The minimum Gasteiger partial charge on any atom is -0.485 e. The summed E-state index contributed by atoms with van der Waals surface area (Å²) < 4.78 is 18.4. The maximum absolute atomic E-state index is 11.5. The third-order valence-electron chi connectivity index (χ3n) is 4.41. The quantitative estimate of drug-likeness (QED) is 0.482. The molecule has 0 amide bonds. The van der Waals surface area contributed by atoms with E-state index in [0.29, 0.717) is 23.7 Å². The van der Waals surface area contributed by atoms with Gasteiger partial charge in [-0.15, -0.1) is 10.2 Å². The smallest absolute Gasteiger partial charge is 0.337 e. The van der Waals surface area contributed by atoms with Crippen LogP contribution < -0.4 is 9.47 Å². The van der Waals surface area contributed by atoms with E-state index in [-0.39, 0.29) is 12.1 Å². The summed E-state index contributed by atoms with van der Waals surface area (Å²) in [6.07, 6.45) is -0.305. The zero-order valence-corrected chi connectivity index (χ0v) is 16.3. The molecular weight excluding hydrogens is 378 g/mol. The fraction of sp³-hybridized carbons (Fsp3) is 0.250. The molecule has 1 aromatic heterocycles. The van der Waals surface area contributed by atoms with Crippen LogP contribution in [-0.2, 0) is 17.5 Å². The van der Waals surface area contributed by atoms with E-state index in [4.69, 9.17) is 14.2 Å². The van der Waals surface area contributed by atoms with Gasteiger partial charge < -0.3 is 18.8 Å². The normalized spacial score (nSPS) is 15.3. The van der Waals surface area contributed by atoms with Crippen molar-refractivity contribution in [2.45, 2.75) is 17.0 Å². The van der Waals surface area contributed by atoms with Crippen LogP contribution in [0.4, 0.5) is 0 Å². The highest BCUT2D eigenvalue weighted by Crippen LogP contribution is 2.36. The summed E-state index contributed by atoms with van der Waals surface area (Å²) in [7, 11) is 3.29. The molecule has 28 heavy (non-hydrogen) atoms. The van der Waals surface area contributed by atoms with Gasteiger partial charge in [0, 0.05) is 12.8 Å². The molecule has 144 valence electrons.